The summed E-state index contributed by atoms with van der Waals surface area (Å²) in [6.45, 7) is 0.0574. The molecule has 0 fully saturated rings. The number of aromatic nitrogens is 1. The predicted octanol–water partition coefficient (Wildman–Crippen LogP) is 4.26. The van der Waals surface area contributed by atoms with Crippen LogP contribution in [0.3, 0.4) is 0 Å². The SMILES string of the molecule is COC(=O)c1cc2cc(Cl)c(Br)c(CN=[N+]=[N-])c2nc1OC. The minimum absolute atomic E-state index is 0.0574. The van der Waals surface area contributed by atoms with Gasteiger partial charge in [0.15, 0.2) is 0 Å². The molecule has 0 unspecified atom stereocenters. The van der Waals surface area contributed by atoms with Gasteiger partial charge in [0.2, 0.25) is 5.88 Å². The summed E-state index contributed by atoms with van der Waals surface area (Å²) in [5.74, 6) is -0.447. The molecule has 0 aliphatic heterocycles. The molecule has 1 aromatic heterocycles. The zero-order valence-corrected chi connectivity index (χ0v) is 14.0. The Morgan fingerprint density at radius 3 is 2.82 bits per heavy atom. The number of halogens is 2. The van der Waals surface area contributed by atoms with E-state index >= 15 is 0 Å². The third-order valence-corrected chi connectivity index (χ3v) is 4.38. The summed E-state index contributed by atoms with van der Waals surface area (Å²) in [4.78, 5) is 18.9. The number of ether oxygens (including phenoxy) is 2. The van der Waals surface area contributed by atoms with Gasteiger partial charge in [-0.2, -0.15) is 0 Å². The average Bonchev–Trinajstić information content (AvgIpc) is 2.53. The van der Waals surface area contributed by atoms with Crippen molar-refractivity contribution < 1.29 is 14.3 Å². The monoisotopic (exact) mass is 384 g/mol. The van der Waals surface area contributed by atoms with E-state index in [1.54, 1.807) is 12.1 Å². The van der Waals surface area contributed by atoms with Gasteiger partial charge in [-0.05, 0) is 39.2 Å². The fourth-order valence-electron chi connectivity index (χ4n) is 1.97. The van der Waals surface area contributed by atoms with Gasteiger partial charge in [0.05, 0.1) is 31.3 Å². The van der Waals surface area contributed by atoms with Gasteiger partial charge in [-0.25, -0.2) is 9.78 Å². The van der Waals surface area contributed by atoms with Gasteiger partial charge in [-0.1, -0.05) is 16.7 Å². The van der Waals surface area contributed by atoms with E-state index in [4.69, 9.17) is 26.6 Å². The summed E-state index contributed by atoms with van der Waals surface area (Å²) in [7, 11) is 2.67. The summed E-state index contributed by atoms with van der Waals surface area (Å²) >= 11 is 9.51. The van der Waals surface area contributed by atoms with Crippen molar-refractivity contribution in [3.8, 4) is 5.88 Å². The van der Waals surface area contributed by atoms with Crippen molar-refractivity contribution in [2.45, 2.75) is 6.54 Å². The van der Waals surface area contributed by atoms with Gasteiger partial charge in [0, 0.05) is 14.8 Å². The lowest BCUT2D eigenvalue weighted by atomic mass is 10.1. The number of carbonyl (C=O) groups excluding carboxylic acids is 1. The van der Waals surface area contributed by atoms with Crippen molar-refractivity contribution in [2.24, 2.45) is 5.11 Å². The van der Waals surface area contributed by atoms with Crippen LogP contribution in [0.25, 0.3) is 21.3 Å². The maximum Gasteiger partial charge on any atom is 0.343 e. The highest BCUT2D eigenvalue weighted by atomic mass is 79.9. The highest BCUT2D eigenvalue weighted by Crippen LogP contribution is 2.35. The van der Waals surface area contributed by atoms with Gasteiger partial charge in [0.25, 0.3) is 0 Å². The van der Waals surface area contributed by atoms with Crippen LogP contribution in [0.5, 0.6) is 5.88 Å². The molecule has 0 aliphatic rings. The Morgan fingerprint density at radius 1 is 1.50 bits per heavy atom. The molecule has 22 heavy (non-hydrogen) atoms. The number of methoxy groups -OCH3 is 2. The second-order valence-corrected chi connectivity index (χ2v) is 5.35. The van der Waals surface area contributed by atoms with E-state index in [0.717, 1.165) is 0 Å². The van der Waals surface area contributed by atoms with Crippen LogP contribution in [0.2, 0.25) is 5.02 Å². The molecule has 1 aromatic carbocycles. The van der Waals surface area contributed by atoms with E-state index in [9.17, 15) is 4.79 Å². The number of pyridine rings is 1. The van der Waals surface area contributed by atoms with E-state index in [1.165, 1.54) is 14.2 Å². The van der Waals surface area contributed by atoms with Crippen LogP contribution in [0.4, 0.5) is 0 Å². The second kappa shape index (κ2) is 6.83. The first-order chi connectivity index (χ1) is 10.5. The summed E-state index contributed by atoms with van der Waals surface area (Å²) in [6, 6.07) is 3.23. The van der Waals surface area contributed by atoms with Crippen LogP contribution in [0, 0.1) is 0 Å². The van der Waals surface area contributed by atoms with E-state index in [1.807, 2.05) is 0 Å². The van der Waals surface area contributed by atoms with Crippen molar-refractivity contribution in [1.82, 2.24) is 4.98 Å². The van der Waals surface area contributed by atoms with Crippen molar-refractivity contribution in [2.75, 3.05) is 14.2 Å². The molecule has 0 saturated carbocycles. The summed E-state index contributed by atoms with van der Waals surface area (Å²) in [5, 5.41) is 4.57. The highest BCUT2D eigenvalue weighted by Gasteiger charge is 2.19. The molecule has 7 nitrogen and oxygen atoms in total. The van der Waals surface area contributed by atoms with Gasteiger partial charge < -0.3 is 9.47 Å². The molecule has 1 heterocycles. The maximum absolute atomic E-state index is 11.8. The Hall–Kier alpha value is -2.02. The van der Waals surface area contributed by atoms with Crippen molar-refractivity contribution >= 4 is 44.4 Å². The van der Waals surface area contributed by atoms with Crippen LogP contribution in [0.1, 0.15) is 15.9 Å². The minimum Gasteiger partial charge on any atom is -0.480 e. The van der Waals surface area contributed by atoms with Crippen molar-refractivity contribution in [3.05, 3.63) is 43.2 Å². The fraction of sp³-hybridized carbons (Fsp3) is 0.231. The summed E-state index contributed by atoms with van der Waals surface area (Å²) < 4.78 is 10.4. The van der Waals surface area contributed by atoms with Gasteiger partial charge in [0.1, 0.15) is 5.56 Å². The fourth-order valence-corrected chi connectivity index (χ4v) is 2.63. The smallest absolute Gasteiger partial charge is 0.343 e. The van der Waals surface area contributed by atoms with E-state index < -0.39 is 5.97 Å². The molecule has 0 N–H and O–H groups in total. The summed E-state index contributed by atoms with van der Waals surface area (Å²) in [5.41, 5.74) is 9.83. The number of fused-ring (bicyclic) bond motifs is 1. The topological polar surface area (TPSA) is 97.2 Å². The zero-order chi connectivity index (χ0) is 16.3. The van der Waals surface area contributed by atoms with Gasteiger partial charge in [-0.15, -0.1) is 0 Å². The van der Waals surface area contributed by atoms with Crippen LogP contribution in [0.15, 0.2) is 21.7 Å². The molecule has 2 rings (SSSR count). The van der Waals surface area contributed by atoms with Gasteiger partial charge in [-0.3, -0.25) is 0 Å². The van der Waals surface area contributed by atoms with Gasteiger partial charge >= 0.3 is 5.97 Å². The van der Waals surface area contributed by atoms with Crippen molar-refractivity contribution in [1.29, 1.82) is 0 Å². The maximum atomic E-state index is 11.8. The van der Waals surface area contributed by atoms with Crippen LogP contribution >= 0.6 is 27.5 Å². The molecule has 0 aliphatic carbocycles. The Balaban J connectivity index is 2.81. The first-order valence-corrected chi connectivity index (χ1v) is 7.15. The number of benzene rings is 1. The van der Waals surface area contributed by atoms with E-state index in [-0.39, 0.29) is 18.0 Å². The molecule has 9 heteroatoms. The highest BCUT2D eigenvalue weighted by molar-refractivity contribution is 9.10. The lowest BCUT2D eigenvalue weighted by Crippen LogP contribution is -2.06. The zero-order valence-electron chi connectivity index (χ0n) is 11.6. The van der Waals surface area contributed by atoms with E-state index in [2.05, 4.69) is 30.9 Å². The Kier molecular flexibility index (Phi) is 5.07. The molecule has 0 bridgehead atoms. The molecule has 0 amide bonds. The Morgan fingerprint density at radius 2 is 2.23 bits per heavy atom. The quantitative estimate of drug-likeness (QED) is 0.340. The lowest BCUT2D eigenvalue weighted by molar-refractivity contribution is 0.0596. The van der Waals surface area contributed by atoms with Crippen LogP contribution in [-0.4, -0.2) is 25.2 Å². The molecule has 0 radical (unpaired) electrons. The Bertz CT molecular complexity index is 806. The minimum atomic E-state index is -0.568. The normalized spacial score (nSPS) is 10.2. The van der Waals surface area contributed by atoms with Crippen LogP contribution < -0.4 is 4.74 Å². The number of esters is 1. The number of azide groups is 1. The number of nitrogens with zero attached hydrogens (tertiary/aromatic N) is 4. The van der Waals surface area contributed by atoms with E-state index in [0.29, 0.717) is 26.0 Å². The largest absolute Gasteiger partial charge is 0.480 e. The number of carbonyl (C=O) groups is 1. The third-order valence-electron chi connectivity index (χ3n) is 2.95. The Labute approximate surface area is 138 Å². The molecule has 0 spiro atoms. The number of hydrogen-bond donors (Lipinski definition) is 0. The molecule has 114 valence electrons. The second-order valence-electron chi connectivity index (χ2n) is 4.15. The number of rotatable bonds is 4. The molecule has 2 aromatic rings. The molecular formula is C13H10BrClN4O3. The van der Waals surface area contributed by atoms with Crippen molar-refractivity contribution in [3.63, 3.8) is 0 Å². The average molecular weight is 386 g/mol. The summed E-state index contributed by atoms with van der Waals surface area (Å²) in [6.07, 6.45) is 0. The third kappa shape index (κ3) is 2.94. The first kappa shape index (κ1) is 16.4. The first-order valence-electron chi connectivity index (χ1n) is 5.98. The molecule has 0 atom stereocenters. The lowest BCUT2D eigenvalue weighted by Gasteiger charge is -2.12. The number of hydrogen-bond acceptors (Lipinski definition) is 5. The molecule has 0 saturated heterocycles. The standard InChI is InChI=1S/C13H10BrClN4O3/c1-21-12-7(13(20)22-2)3-6-4-9(15)10(14)8(5-17-19-16)11(6)18-12/h3-4H,5H2,1-2H3. The van der Waals surface area contributed by atoms with Crippen LogP contribution in [-0.2, 0) is 11.3 Å². The predicted molar refractivity (Wildman–Crippen MR) is 85.2 cm³/mol. The molecular weight excluding hydrogens is 376 g/mol.